The molecule has 1 aromatic rings. The number of aliphatic imine (C=N–C) groups is 1. The lowest BCUT2D eigenvalue weighted by Gasteiger charge is -2.14. The maximum atomic E-state index is 4.46. The van der Waals surface area contributed by atoms with Crippen LogP contribution in [0.4, 0.5) is 5.69 Å². The molecule has 1 atom stereocenters. The van der Waals surface area contributed by atoms with Crippen LogP contribution >= 0.6 is 8.58 Å². The molecule has 0 N–H and O–H groups in total. The molecule has 0 amide bonds. The summed E-state index contributed by atoms with van der Waals surface area (Å²) < 4.78 is 0. The molecule has 1 nitrogen and oxygen atoms in total. The van der Waals surface area contributed by atoms with E-state index in [2.05, 4.69) is 24.6 Å². The van der Waals surface area contributed by atoms with Gasteiger partial charge in [-0.25, -0.2) is 0 Å². The van der Waals surface area contributed by atoms with Gasteiger partial charge in [0.25, 0.3) is 0 Å². The number of rotatable bonds is 0. The highest BCUT2D eigenvalue weighted by atomic mass is 31.1. The highest BCUT2D eigenvalue weighted by Crippen LogP contribution is 2.42. The Morgan fingerprint density at radius 1 is 1.33 bits per heavy atom. The van der Waals surface area contributed by atoms with Crippen LogP contribution in [0.3, 0.4) is 0 Å². The molecular formula is C10H10NP. The van der Waals surface area contributed by atoms with Crippen molar-refractivity contribution in [2.24, 2.45) is 4.99 Å². The van der Waals surface area contributed by atoms with Gasteiger partial charge in [0.15, 0.2) is 0 Å². The van der Waals surface area contributed by atoms with Gasteiger partial charge in [-0.05, 0) is 26.9 Å². The monoisotopic (exact) mass is 175 g/mol. The number of benzene rings is 1. The fourth-order valence-corrected chi connectivity index (χ4v) is 2.28. The molecule has 1 aliphatic heterocycles. The Morgan fingerprint density at radius 3 is 2.92 bits per heavy atom. The van der Waals surface area contributed by atoms with E-state index in [0.717, 1.165) is 5.69 Å². The SMILES string of the molecule is C=C1PC(C)=Nc2ccccc21. The van der Waals surface area contributed by atoms with Crippen LogP contribution in [-0.2, 0) is 0 Å². The molecule has 0 saturated carbocycles. The lowest BCUT2D eigenvalue weighted by atomic mass is 10.2. The van der Waals surface area contributed by atoms with Crippen LogP contribution in [0.25, 0.3) is 5.31 Å². The zero-order valence-electron chi connectivity index (χ0n) is 6.96. The van der Waals surface area contributed by atoms with Gasteiger partial charge in [-0.2, -0.15) is 0 Å². The Labute approximate surface area is 74.0 Å². The van der Waals surface area contributed by atoms with E-state index in [-0.39, 0.29) is 0 Å². The topological polar surface area (TPSA) is 12.4 Å². The van der Waals surface area contributed by atoms with E-state index in [1.807, 2.05) is 18.2 Å². The quantitative estimate of drug-likeness (QED) is 0.536. The molecule has 2 rings (SSSR count). The zero-order valence-corrected chi connectivity index (χ0v) is 7.96. The van der Waals surface area contributed by atoms with Gasteiger partial charge in [0.1, 0.15) is 0 Å². The van der Waals surface area contributed by atoms with E-state index < -0.39 is 0 Å². The minimum absolute atomic E-state index is 0.672. The molecule has 0 fully saturated rings. The third-order valence-electron chi connectivity index (χ3n) is 1.85. The first-order chi connectivity index (χ1) is 5.77. The normalized spacial score (nSPS) is 17.4. The van der Waals surface area contributed by atoms with Crippen molar-refractivity contribution in [1.29, 1.82) is 0 Å². The van der Waals surface area contributed by atoms with Crippen molar-refractivity contribution in [3.05, 3.63) is 36.4 Å². The summed E-state index contributed by atoms with van der Waals surface area (Å²) in [5.74, 6) is 0. The number of hydrogen-bond donors (Lipinski definition) is 0. The van der Waals surface area contributed by atoms with Crippen LogP contribution < -0.4 is 0 Å². The van der Waals surface area contributed by atoms with Gasteiger partial charge >= 0.3 is 0 Å². The lowest BCUT2D eigenvalue weighted by Crippen LogP contribution is -1.90. The molecule has 0 saturated heterocycles. The Kier molecular flexibility index (Phi) is 1.82. The molecule has 1 heterocycles. The Balaban J connectivity index is 2.62. The third-order valence-corrected chi connectivity index (χ3v) is 2.89. The average molecular weight is 175 g/mol. The summed E-state index contributed by atoms with van der Waals surface area (Å²) in [5.41, 5.74) is 3.46. The highest BCUT2D eigenvalue weighted by Gasteiger charge is 2.10. The Morgan fingerprint density at radius 2 is 2.08 bits per heavy atom. The molecule has 12 heavy (non-hydrogen) atoms. The summed E-state index contributed by atoms with van der Waals surface area (Å²) in [7, 11) is 0.672. The largest absolute Gasteiger partial charge is 0.253 e. The van der Waals surface area contributed by atoms with Crippen molar-refractivity contribution >= 4 is 25.0 Å². The second kappa shape index (κ2) is 2.84. The fraction of sp³-hybridized carbons (Fsp3) is 0.100. The first kappa shape index (κ1) is 7.70. The van der Waals surface area contributed by atoms with Crippen molar-refractivity contribution in [3.8, 4) is 0 Å². The maximum Gasteiger partial charge on any atom is 0.0711 e. The highest BCUT2D eigenvalue weighted by molar-refractivity contribution is 7.68. The lowest BCUT2D eigenvalue weighted by molar-refractivity contribution is 1.48. The zero-order chi connectivity index (χ0) is 8.55. The molecular weight excluding hydrogens is 165 g/mol. The van der Waals surface area contributed by atoms with E-state index >= 15 is 0 Å². The fourth-order valence-electron chi connectivity index (χ4n) is 1.32. The molecule has 0 bridgehead atoms. The molecule has 0 aromatic heterocycles. The molecule has 0 spiro atoms. The van der Waals surface area contributed by atoms with Gasteiger partial charge in [-0.1, -0.05) is 24.8 Å². The second-order valence-corrected chi connectivity index (χ2v) is 4.40. The minimum Gasteiger partial charge on any atom is -0.253 e. The van der Waals surface area contributed by atoms with Crippen LogP contribution in [0, 0.1) is 0 Å². The van der Waals surface area contributed by atoms with Gasteiger partial charge < -0.3 is 0 Å². The van der Waals surface area contributed by atoms with Crippen molar-refractivity contribution in [2.45, 2.75) is 6.92 Å². The van der Waals surface area contributed by atoms with Gasteiger partial charge in [0.05, 0.1) is 5.69 Å². The maximum absolute atomic E-state index is 4.46. The predicted octanol–water partition coefficient (Wildman–Crippen LogP) is 3.40. The van der Waals surface area contributed by atoms with E-state index in [0.29, 0.717) is 8.58 Å². The van der Waals surface area contributed by atoms with Crippen LogP contribution in [0.2, 0.25) is 0 Å². The molecule has 1 aliphatic rings. The molecule has 0 aliphatic carbocycles. The summed E-state index contributed by atoms with van der Waals surface area (Å²) in [6.07, 6.45) is 0. The van der Waals surface area contributed by atoms with Crippen LogP contribution in [0.1, 0.15) is 12.5 Å². The van der Waals surface area contributed by atoms with Crippen molar-refractivity contribution in [1.82, 2.24) is 0 Å². The summed E-state index contributed by atoms with van der Waals surface area (Å²) in [5, 5.41) is 1.21. The van der Waals surface area contributed by atoms with Crippen LogP contribution in [0.5, 0.6) is 0 Å². The Bertz CT molecular complexity index is 366. The summed E-state index contributed by atoms with van der Waals surface area (Å²) in [6, 6.07) is 8.16. The summed E-state index contributed by atoms with van der Waals surface area (Å²) >= 11 is 0. The molecule has 1 unspecified atom stereocenters. The molecule has 1 aromatic carbocycles. The molecule has 2 heteroatoms. The second-order valence-electron chi connectivity index (χ2n) is 2.82. The molecule has 60 valence electrons. The third kappa shape index (κ3) is 1.21. The van der Waals surface area contributed by atoms with Gasteiger partial charge in [-0.15, -0.1) is 0 Å². The van der Waals surface area contributed by atoms with E-state index in [4.69, 9.17) is 0 Å². The average Bonchev–Trinajstić information content (AvgIpc) is 2.04. The van der Waals surface area contributed by atoms with Crippen LogP contribution in [-0.4, -0.2) is 5.45 Å². The van der Waals surface area contributed by atoms with Crippen molar-refractivity contribution in [2.75, 3.05) is 0 Å². The summed E-state index contributed by atoms with van der Waals surface area (Å²) in [4.78, 5) is 4.46. The van der Waals surface area contributed by atoms with E-state index in [9.17, 15) is 0 Å². The van der Waals surface area contributed by atoms with E-state index in [1.165, 1.54) is 16.3 Å². The van der Waals surface area contributed by atoms with Crippen molar-refractivity contribution in [3.63, 3.8) is 0 Å². The van der Waals surface area contributed by atoms with Gasteiger partial charge in [0, 0.05) is 11.0 Å². The minimum atomic E-state index is 0.672. The predicted molar refractivity (Wildman–Crippen MR) is 56.6 cm³/mol. The smallest absolute Gasteiger partial charge is 0.0711 e. The van der Waals surface area contributed by atoms with Crippen molar-refractivity contribution < 1.29 is 0 Å². The standard InChI is InChI=1S/C10H10NP/c1-7-9-5-3-4-6-10(9)11-8(2)12-7/h3-6,12H,1H2,2H3. The number of nitrogens with zero attached hydrogens (tertiary/aromatic N) is 1. The molecule has 0 radical (unpaired) electrons. The van der Waals surface area contributed by atoms with Crippen LogP contribution in [0.15, 0.2) is 35.8 Å². The van der Waals surface area contributed by atoms with Gasteiger partial charge in [-0.3, -0.25) is 4.99 Å². The van der Waals surface area contributed by atoms with E-state index in [1.54, 1.807) is 0 Å². The number of para-hydroxylation sites is 1. The first-order valence-electron chi connectivity index (χ1n) is 3.88. The summed E-state index contributed by atoms with van der Waals surface area (Å²) in [6.45, 7) is 6.09. The van der Waals surface area contributed by atoms with Gasteiger partial charge in [0.2, 0.25) is 0 Å². The first-order valence-corrected chi connectivity index (χ1v) is 4.88. The number of fused-ring (bicyclic) bond motifs is 1. The number of hydrogen-bond acceptors (Lipinski definition) is 1. The Hall–Kier alpha value is -0.940.